The van der Waals surface area contributed by atoms with Crippen molar-refractivity contribution in [3.63, 3.8) is 0 Å². The van der Waals surface area contributed by atoms with Crippen LogP contribution in [0.5, 0.6) is 0 Å². The van der Waals surface area contributed by atoms with E-state index in [1.807, 2.05) is 0 Å². The van der Waals surface area contributed by atoms with Gasteiger partial charge in [-0.3, -0.25) is 0 Å². The van der Waals surface area contributed by atoms with Gasteiger partial charge in [-0.2, -0.15) is 13.2 Å². The van der Waals surface area contributed by atoms with Crippen LogP contribution in [0.4, 0.5) is 24.5 Å². The Labute approximate surface area is 186 Å². The second kappa shape index (κ2) is 13.8. The van der Waals surface area contributed by atoms with E-state index < -0.39 is 17.7 Å². The Hall–Kier alpha value is -2.58. The molecule has 32 heavy (non-hydrogen) atoms. The molecule has 0 heterocycles. The minimum atomic E-state index is -4.45. The lowest BCUT2D eigenvalue weighted by Crippen LogP contribution is -2.14. The largest absolute Gasteiger partial charge is 0.460 e. The van der Waals surface area contributed by atoms with Gasteiger partial charge in [0.2, 0.25) is 0 Å². The fourth-order valence-corrected chi connectivity index (χ4v) is 2.92. The molecule has 0 aliphatic carbocycles. The summed E-state index contributed by atoms with van der Waals surface area (Å²) in [5, 5.41) is 2.86. The van der Waals surface area contributed by atoms with Gasteiger partial charge in [-0.05, 0) is 36.8 Å². The maximum Gasteiger partial charge on any atom is 0.416 e. The molecule has 0 saturated carbocycles. The number of unbranched alkanes of at least 4 members (excludes halogenated alkanes) is 3. The highest BCUT2D eigenvalue weighted by Gasteiger charge is 2.30. The number of carbonyl (C=O) groups excluding carboxylic acids is 1. The van der Waals surface area contributed by atoms with Crippen LogP contribution in [0.15, 0.2) is 48.5 Å². The van der Waals surface area contributed by atoms with Gasteiger partial charge in [0.05, 0.1) is 36.6 Å². The van der Waals surface area contributed by atoms with Crippen LogP contribution in [-0.2, 0) is 20.4 Å². The van der Waals surface area contributed by atoms with Crippen LogP contribution >= 0.6 is 0 Å². The predicted octanol–water partition coefficient (Wildman–Crippen LogP) is 6.22. The minimum Gasteiger partial charge on any atom is -0.460 e. The smallest absolute Gasteiger partial charge is 0.416 e. The summed E-state index contributed by atoms with van der Waals surface area (Å²) in [6, 6.07) is 11.3. The van der Waals surface area contributed by atoms with Gasteiger partial charge in [0.25, 0.3) is 0 Å². The zero-order chi connectivity index (χ0) is 23.2. The third-order valence-corrected chi connectivity index (χ3v) is 4.59. The first kappa shape index (κ1) is 25.7. The van der Waals surface area contributed by atoms with Crippen LogP contribution in [0.3, 0.4) is 0 Å². The second-order valence-electron chi connectivity index (χ2n) is 7.17. The number of hydrogen-bond donors (Lipinski definition) is 1. The van der Waals surface area contributed by atoms with E-state index in [2.05, 4.69) is 12.2 Å². The molecule has 2 rings (SSSR count). The number of carbonyl (C=O) groups is 1. The molecule has 0 amide bonds. The Morgan fingerprint density at radius 3 is 2.34 bits per heavy atom. The van der Waals surface area contributed by atoms with Crippen molar-refractivity contribution in [3.8, 4) is 0 Å². The Morgan fingerprint density at radius 1 is 0.875 bits per heavy atom. The quantitative estimate of drug-likeness (QED) is 0.272. The van der Waals surface area contributed by atoms with Crippen molar-refractivity contribution >= 4 is 17.3 Å². The molecule has 2 aromatic rings. The molecule has 8 heteroatoms. The number of rotatable bonds is 14. The predicted molar refractivity (Wildman–Crippen MR) is 117 cm³/mol. The molecule has 0 unspecified atom stereocenters. The molecule has 176 valence electrons. The summed E-state index contributed by atoms with van der Waals surface area (Å²) in [6.07, 6.45) is 0.157. The molecule has 0 aromatic heterocycles. The standard InChI is InChI=1S/C24H30F3NO4/c1-2-3-4-7-13-30-14-15-31-16-17-32-23(29)21-11-5-6-12-22(21)28-20-10-8-9-19(18-20)24(25,26)27/h5-6,8-12,18,28H,2-4,7,13-17H2,1H3. The van der Waals surface area contributed by atoms with Crippen molar-refractivity contribution < 1.29 is 32.2 Å². The van der Waals surface area contributed by atoms with E-state index in [0.29, 0.717) is 25.5 Å². The summed E-state index contributed by atoms with van der Waals surface area (Å²) in [4.78, 5) is 12.4. The molecular weight excluding hydrogens is 423 g/mol. The van der Waals surface area contributed by atoms with Crippen molar-refractivity contribution in [3.05, 3.63) is 59.7 Å². The number of alkyl halides is 3. The van der Waals surface area contributed by atoms with Crippen molar-refractivity contribution in [1.29, 1.82) is 0 Å². The lowest BCUT2D eigenvalue weighted by molar-refractivity contribution is -0.137. The maximum atomic E-state index is 12.9. The average Bonchev–Trinajstić information content (AvgIpc) is 2.77. The zero-order valence-electron chi connectivity index (χ0n) is 18.2. The molecule has 0 spiro atoms. The molecule has 1 N–H and O–H groups in total. The lowest BCUT2D eigenvalue weighted by Gasteiger charge is -2.13. The summed E-state index contributed by atoms with van der Waals surface area (Å²) in [5.74, 6) is -0.587. The van der Waals surface area contributed by atoms with E-state index in [1.54, 1.807) is 24.3 Å². The molecular formula is C24H30F3NO4. The fraction of sp³-hybridized carbons (Fsp3) is 0.458. The first-order valence-corrected chi connectivity index (χ1v) is 10.8. The van der Waals surface area contributed by atoms with E-state index >= 15 is 0 Å². The van der Waals surface area contributed by atoms with Crippen molar-refractivity contribution in [2.24, 2.45) is 0 Å². The Balaban J connectivity index is 1.76. The Bertz CT molecular complexity index is 827. The Morgan fingerprint density at radius 2 is 1.59 bits per heavy atom. The van der Waals surface area contributed by atoms with Crippen LogP contribution in [-0.4, -0.2) is 39.0 Å². The van der Waals surface area contributed by atoms with Gasteiger partial charge in [0.15, 0.2) is 0 Å². The molecule has 2 aromatic carbocycles. The summed E-state index contributed by atoms with van der Waals surface area (Å²) in [6.45, 7) is 4.07. The first-order chi connectivity index (χ1) is 15.4. The number of esters is 1. The van der Waals surface area contributed by atoms with E-state index in [4.69, 9.17) is 14.2 Å². The van der Waals surface area contributed by atoms with Crippen LogP contribution < -0.4 is 5.32 Å². The number of hydrogen-bond acceptors (Lipinski definition) is 5. The fourth-order valence-electron chi connectivity index (χ4n) is 2.92. The zero-order valence-corrected chi connectivity index (χ0v) is 18.2. The summed E-state index contributed by atoms with van der Waals surface area (Å²) < 4.78 is 54.9. The molecule has 0 atom stereocenters. The monoisotopic (exact) mass is 453 g/mol. The van der Waals surface area contributed by atoms with Gasteiger partial charge in [0, 0.05) is 12.3 Å². The van der Waals surface area contributed by atoms with Crippen molar-refractivity contribution in [2.75, 3.05) is 38.4 Å². The SMILES string of the molecule is CCCCCCOCCOCCOC(=O)c1ccccc1Nc1cccc(C(F)(F)F)c1. The topological polar surface area (TPSA) is 56.8 Å². The van der Waals surface area contributed by atoms with Crippen LogP contribution in [0.25, 0.3) is 0 Å². The minimum absolute atomic E-state index is 0.0627. The van der Waals surface area contributed by atoms with E-state index in [9.17, 15) is 18.0 Å². The highest BCUT2D eigenvalue weighted by atomic mass is 19.4. The van der Waals surface area contributed by atoms with E-state index in [-0.39, 0.29) is 24.5 Å². The van der Waals surface area contributed by atoms with E-state index in [0.717, 1.165) is 25.0 Å². The van der Waals surface area contributed by atoms with Crippen LogP contribution in [0, 0.1) is 0 Å². The van der Waals surface area contributed by atoms with Crippen LogP contribution in [0.1, 0.15) is 48.5 Å². The van der Waals surface area contributed by atoms with Gasteiger partial charge in [-0.15, -0.1) is 0 Å². The first-order valence-electron chi connectivity index (χ1n) is 10.8. The van der Waals surface area contributed by atoms with Gasteiger partial charge in [-0.25, -0.2) is 4.79 Å². The number of ether oxygens (including phenoxy) is 3. The third kappa shape index (κ3) is 9.28. The molecule has 0 radical (unpaired) electrons. The summed E-state index contributed by atoms with van der Waals surface area (Å²) in [5.41, 5.74) is 0.0253. The van der Waals surface area contributed by atoms with Crippen molar-refractivity contribution in [2.45, 2.75) is 38.8 Å². The van der Waals surface area contributed by atoms with Gasteiger partial charge in [0.1, 0.15) is 6.61 Å². The normalized spacial score (nSPS) is 11.4. The number of anilines is 2. The average molecular weight is 454 g/mol. The molecule has 0 bridgehead atoms. The van der Waals surface area contributed by atoms with Crippen molar-refractivity contribution in [1.82, 2.24) is 0 Å². The number of para-hydroxylation sites is 1. The molecule has 0 aliphatic rings. The molecule has 0 aliphatic heterocycles. The third-order valence-electron chi connectivity index (χ3n) is 4.59. The number of halogens is 3. The molecule has 0 saturated heterocycles. The Kier molecular flexibility index (Phi) is 11.0. The molecule has 5 nitrogen and oxygen atoms in total. The summed E-state index contributed by atoms with van der Waals surface area (Å²) >= 11 is 0. The van der Waals surface area contributed by atoms with Crippen LogP contribution in [0.2, 0.25) is 0 Å². The van der Waals surface area contributed by atoms with Gasteiger partial charge >= 0.3 is 12.1 Å². The maximum absolute atomic E-state index is 12.9. The van der Waals surface area contributed by atoms with E-state index in [1.165, 1.54) is 25.0 Å². The highest BCUT2D eigenvalue weighted by molar-refractivity contribution is 5.96. The second-order valence-corrected chi connectivity index (χ2v) is 7.17. The number of nitrogens with one attached hydrogen (secondary N) is 1. The lowest BCUT2D eigenvalue weighted by atomic mass is 10.1. The summed E-state index contributed by atoms with van der Waals surface area (Å²) in [7, 11) is 0. The van der Waals surface area contributed by atoms with Gasteiger partial charge in [-0.1, -0.05) is 44.4 Å². The highest BCUT2D eigenvalue weighted by Crippen LogP contribution is 2.32. The number of benzene rings is 2. The van der Waals surface area contributed by atoms with Gasteiger partial charge < -0.3 is 19.5 Å². The molecule has 0 fully saturated rings.